The lowest BCUT2D eigenvalue weighted by Crippen LogP contribution is -2.15. The van der Waals surface area contributed by atoms with Gasteiger partial charge < -0.3 is 16.2 Å². The number of nitrogen functional groups attached to an aromatic ring is 2. The van der Waals surface area contributed by atoms with E-state index in [2.05, 4.69) is 5.32 Å². The highest BCUT2D eigenvalue weighted by Crippen LogP contribution is 2.27. The van der Waals surface area contributed by atoms with Crippen LogP contribution in [0.5, 0.6) is 0 Å². The molecule has 0 unspecified atom stereocenters. The van der Waals surface area contributed by atoms with E-state index in [9.17, 15) is 4.79 Å². The maximum Gasteiger partial charge on any atom is 0.411 e. The largest absolute Gasteiger partial charge is 0.450 e. The number of nitrogens with one attached hydrogen (secondary N) is 1. The van der Waals surface area contributed by atoms with Gasteiger partial charge in [-0.3, -0.25) is 5.32 Å². The first-order valence-electron chi connectivity index (χ1n) is 4.64. The van der Waals surface area contributed by atoms with Gasteiger partial charge >= 0.3 is 6.09 Å². The summed E-state index contributed by atoms with van der Waals surface area (Å²) in [5, 5.41) is 2.50. The molecule has 1 aromatic rings. The van der Waals surface area contributed by atoms with Crippen LogP contribution in [0.25, 0.3) is 0 Å². The summed E-state index contributed by atoms with van der Waals surface area (Å²) in [6, 6.07) is 3.47. The van der Waals surface area contributed by atoms with Crippen molar-refractivity contribution in [1.29, 1.82) is 0 Å². The molecule has 0 atom stereocenters. The summed E-state index contributed by atoms with van der Waals surface area (Å²) in [6.07, 6.45) is -0.556. The van der Waals surface area contributed by atoms with Gasteiger partial charge in [-0.2, -0.15) is 0 Å². The van der Waals surface area contributed by atoms with Crippen LogP contribution in [0.15, 0.2) is 12.1 Å². The summed E-state index contributed by atoms with van der Waals surface area (Å²) in [5.74, 6) is 0. The molecule has 0 heterocycles. The molecule has 0 aliphatic carbocycles. The van der Waals surface area contributed by atoms with E-state index in [-0.39, 0.29) is 0 Å². The van der Waals surface area contributed by atoms with Crippen molar-refractivity contribution in [2.75, 3.05) is 23.4 Å². The molecule has 0 bridgehead atoms. The average Bonchev–Trinajstić information content (AvgIpc) is 2.11. The predicted molar refractivity (Wildman–Crippen MR) is 60.6 cm³/mol. The molecular weight excluding hydrogens is 194 g/mol. The number of anilines is 3. The number of carbonyl (C=O) groups excluding carboxylic acids is 1. The van der Waals surface area contributed by atoms with Crippen molar-refractivity contribution in [2.45, 2.75) is 13.8 Å². The minimum absolute atomic E-state index is 0.303. The van der Waals surface area contributed by atoms with Crippen molar-refractivity contribution in [2.24, 2.45) is 0 Å². The number of aryl methyl sites for hydroxylation is 1. The average molecular weight is 209 g/mol. The Labute approximate surface area is 88.4 Å². The number of hydrogen-bond acceptors (Lipinski definition) is 4. The molecule has 5 N–H and O–H groups in total. The van der Waals surface area contributed by atoms with Gasteiger partial charge in [-0.15, -0.1) is 0 Å². The van der Waals surface area contributed by atoms with Crippen LogP contribution >= 0.6 is 0 Å². The van der Waals surface area contributed by atoms with Gasteiger partial charge in [0.05, 0.1) is 23.7 Å². The summed E-state index contributed by atoms with van der Waals surface area (Å²) in [4.78, 5) is 11.2. The number of hydrogen-bond donors (Lipinski definition) is 3. The smallest absolute Gasteiger partial charge is 0.411 e. The first kappa shape index (κ1) is 11.2. The second-order valence-corrected chi connectivity index (χ2v) is 3.16. The summed E-state index contributed by atoms with van der Waals surface area (Å²) < 4.78 is 4.72. The lowest BCUT2D eigenvalue weighted by molar-refractivity contribution is 0.168. The number of amides is 1. The quantitative estimate of drug-likeness (QED) is 0.647. The Morgan fingerprint density at radius 2 is 1.93 bits per heavy atom. The summed E-state index contributed by atoms with van der Waals surface area (Å²) in [5.41, 5.74) is 13.6. The van der Waals surface area contributed by atoms with Crippen molar-refractivity contribution in [1.82, 2.24) is 0 Å². The molecule has 0 aromatic heterocycles. The van der Waals surface area contributed by atoms with Crippen LogP contribution in [0.1, 0.15) is 12.5 Å². The van der Waals surface area contributed by atoms with Gasteiger partial charge in [0.1, 0.15) is 0 Å². The van der Waals surface area contributed by atoms with Crippen LogP contribution < -0.4 is 16.8 Å². The van der Waals surface area contributed by atoms with Crippen LogP contribution in [0, 0.1) is 6.92 Å². The van der Waals surface area contributed by atoms with Crippen molar-refractivity contribution in [3.05, 3.63) is 17.7 Å². The second kappa shape index (κ2) is 4.54. The topological polar surface area (TPSA) is 90.4 Å². The Hall–Kier alpha value is -1.91. The monoisotopic (exact) mass is 209 g/mol. The fourth-order valence-corrected chi connectivity index (χ4v) is 1.26. The van der Waals surface area contributed by atoms with E-state index in [1.807, 2.05) is 6.92 Å². The number of ether oxygens (including phenoxy) is 1. The van der Waals surface area contributed by atoms with Crippen LogP contribution in [0.3, 0.4) is 0 Å². The van der Waals surface area contributed by atoms with Gasteiger partial charge in [-0.1, -0.05) is 0 Å². The number of nitrogens with two attached hydrogens (primary N) is 2. The lowest BCUT2D eigenvalue weighted by Gasteiger charge is -2.11. The minimum Gasteiger partial charge on any atom is -0.450 e. The zero-order valence-electron chi connectivity index (χ0n) is 8.83. The Morgan fingerprint density at radius 1 is 1.40 bits per heavy atom. The SMILES string of the molecule is CCOC(=O)Nc1c(N)cc(C)cc1N. The highest BCUT2D eigenvalue weighted by molar-refractivity contribution is 5.94. The minimum atomic E-state index is -0.556. The van der Waals surface area contributed by atoms with Gasteiger partial charge in [0.25, 0.3) is 0 Å². The number of benzene rings is 1. The van der Waals surface area contributed by atoms with Crippen molar-refractivity contribution in [3.8, 4) is 0 Å². The molecule has 0 saturated carbocycles. The molecule has 5 nitrogen and oxygen atoms in total. The molecule has 0 saturated heterocycles. The summed E-state index contributed by atoms with van der Waals surface area (Å²) in [6.45, 7) is 3.90. The van der Waals surface area contributed by atoms with Gasteiger partial charge in [0, 0.05) is 0 Å². The number of carbonyl (C=O) groups is 1. The van der Waals surface area contributed by atoms with E-state index >= 15 is 0 Å². The molecule has 82 valence electrons. The lowest BCUT2D eigenvalue weighted by atomic mass is 10.1. The second-order valence-electron chi connectivity index (χ2n) is 3.16. The molecule has 0 aliphatic rings. The highest BCUT2D eigenvalue weighted by Gasteiger charge is 2.09. The van der Waals surface area contributed by atoms with Gasteiger partial charge in [0.15, 0.2) is 0 Å². The van der Waals surface area contributed by atoms with Gasteiger partial charge in [0.2, 0.25) is 0 Å². The van der Waals surface area contributed by atoms with E-state index in [0.29, 0.717) is 23.7 Å². The Morgan fingerprint density at radius 3 is 2.40 bits per heavy atom. The molecule has 5 heteroatoms. The summed E-state index contributed by atoms with van der Waals surface area (Å²) >= 11 is 0. The Balaban J connectivity index is 2.90. The van der Waals surface area contributed by atoms with E-state index in [0.717, 1.165) is 5.56 Å². The number of rotatable bonds is 2. The predicted octanol–water partition coefficient (Wildman–Crippen LogP) is 1.73. The zero-order chi connectivity index (χ0) is 11.4. The first-order valence-corrected chi connectivity index (χ1v) is 4.64. The van der Waals surface area contributed by atoms with E-state index < -0.39 is 6.09 Å². The van der Waals surface area contributed by atoms with Crippen LogP contribution in [-0.4, -0.2) is 12.7 Å². The Kier molecular flexibility index (Phi) is 3.38. The zero-order valence-corrected chi connectivity index (χ0v) is 8.83. The molecular formula is C10H15N3O2. The van der Waals surface area contributed by atoms with Crippen molar-refractivity contribution >= 4 is 23.2 Å². The van der Waals surface area contributed by atoms with Crippen LogP contribution in [-0.2, 0) is 4.74 Å². The van der Waals surface area contributed by atoms with Crippen molar-refractivity contribution < 1.29 is 9.53 Å². The molecule has 0 fully saturated rings. The van der Waals surface area contributed by atoms with E-state index in [1.54, 1.807) is 19.1 Å². The van der Waals surface area contributed by atoms with Crippen LogP contribution in [0.4, 0.5) is 21.9 Å². The third kappa shape index (κ3) is 2.77. The normalized spacial score (nSPS) is 9.73. The molecule has 1 amide bonds. The van der Waals surface area contributed by atoms with Gasteiger partial charge in [-0.05, 0) is 31.5 Å². The fourth-order valence-electron chi connectivity index (χ4n) is 1.26. The molecule has 0 radical (unpaired) electrons. The standard InChI is InChI=1S/C10H15N3O2/c1-3-15-10(14)13-9-7(11)4-6(2)5-8(9)12/h4-5H,3,11-12H2,1-2H3,(H,13,14). The third-order valence-corrected chi connectivity index (χ3v) is 1.85. The van der Waals surface area contributed by atoms with Gasteiger partial charge in [-0.25, -0.2) is 4.79 Å². The molecule has 0 spiro atoms. The van der Waals surface area contributed by atoms with E-state index in [4.69, 9.17) is 16.2 Å². The van der Waals surface area contributed by atoms with Crippen LogP contribution in [0.2, 0.25) is 0 Å². The third-order valence-electron chi connectivity index (χ3n) is 1.85. The first-order chi connectivity index (χ1) is 7.04. The molecule has 0 aliphatic heterocycles. The highest BCUT2D eigenvalue weighted by atomic mass is 16.5. The maximum absolute atomic E-state index is 11.2. The molecule has 15 heavy (non-hydrogen) atoms. The fraction of sp³-hybridized carbons (Fsp3) is 0.300. The maximum atomic E-state index is 11.2. The molecule has 1 rings (SSSR count). The summed E-state index contributed by atoms with van der Waals surface area (Å²) in [7, 11) is 0. The van der Waals surface area contributed by atoms with Crippen molar-refractivity contribution in [3.63, 3.8) is 0 Å². The molecule has 1 aromatic carbocycles. The Bertz CT molecular complexity index is 354. The van der Waals surface area contributed by atoms with E-state index in [1.165, 1.54) is 0 Å².